The Hall–Kier alpha value is -6.11. The van der Waals surface area contributed by atoms with Gasteiger partial charge in [0, 0.05) is 34.9 Å². The fourth-order valence-electron chi connectivity index (χ4n) is 4.90. The van der Waals surface area contributed by atoms with E-state index < -0.39 is 78.8 Å². The second-order valence-corrected chi connectivity index (χ2v) is 12.2. The van der Waals surface area contributed by atoms with Crippen LogP contribution in [-0.2, 0) is 31.2 Å². The van der Waals surface area contributed by atoms with Crippen LogP contribution in [0.15, 0.2) is 66.7 Å². The summed E-state index contributed by atoms with van der Waals surface area (Å²) < 4.78 is 75.5. The lowest BCUT2D eigenvalue weighted by Crippen LogP contribution is -2.51. The third-order valence-electron chi connectivity index (χ3n) is 7.82. The molecular formula is C34H30ClF5N8O6. The highest BCUT2D eigenvalue weighted by Gasteiger charge is 2.45. The first-order valence-electron chi connectivity index (χ1n) is 15.9. The zero-order chi connectivity index (χ0) is 39.0. The number of hydrogen-bond donors (Lipinski definition) is 5. The molecule has 0 spiro atoms. The van der Waals surface area contributed by atoms with Crippen LogP contribution >= 0.6 is 11.6 Å². The van der Waals surface area contributed by atoms with Crippen LogP contribution in [0.25, 0.3) is 0 Å². The van der Waals surface area contributed by atoms with E-state index in [0.29, 0.717) is 23.6 Å². The maximum atomic E-state index is 13.8. The van der Waals surface area contributed by atoms with Crippen molar-refractivity contribution in [3.63, 3.8) is 0 Å². The third-order valence-corrected chi connectivity index (χ3v) is 8.07. The highest BCUT2D eigenvalue weighted by atomic mass is 35.5. The van der Waals surface area contributed by atoms with Crippen LogP contribution in [0, 0.1) is 11.6 Å². The van der Waals surface area contributed by atoms with Gasteiger partial charge in [-0.2, -0.15) is 28.1 Å². The van der Waals surface area contributed by atoms with Gasteiger partial charge in [-0.05, 0) is 60.9 Å². The van der Waals surface area contributed by atoms with Crippen molar-refractivity contribution < 1.29 is 50.6 Å². The summed E-state index contributed by atoms with van der Waals surface area (Å²) in [4.78, 5) is 62.1. The summed E-state index contributed by atoms with van der Waals surface area (Å²) >= 11 is 6.01. The molecule has 1 heterocycles. The van der Waals surface area contributed by atoms with E-state index in [1.54, 1.807) is 12.1 Å². The second-order valence-electron chi connectivity index (χ2n) is 11.7. The van der Waals surface area contributed by atoms with Crippen molar-refractivity contribution in [3.8, 4) is 6.01 Å². The number of halogens is 6. The van der Waals surface area contributed by atoms with Crippen molar-refractivity contribution in [1.29, 1.82) is 0 Å². The number of aromatic nitrogens is 3. The minimum absolute atomic E-state index is 0.0292. The fourth-order valence-corrected chi connectivity index (χ4v) is 5.03. The molecule has 20 heteroatoms. The molecule has 1 aliphatic rings. The molecule has 284 valence electrons. The van der Waals surface area contributed by atoms with Crippen LogP contribution in [-0.4, -0.2) is 71.1 Å². The Balaban J connectivity index is 1.22. The molecule has 0 unspecified atom stereocenters. The summed E-state index contributed by atoms with van der Waals surface area (Å²) in [6, 6.07) is 13.8. The topological polar surface area (TPSA) is 186 Å². The number of esters is 1. The second kappa shape index (κ2) is 16.7. The molecule has 0 aliphatic heterocycles. The van der Waals surface area contributed by atoms with Gasteiger partial charge < -0.3 is 36.1 Å². The van der Waals surface area contributed by atoms with Gasteiger partial charge in [-0.15, -0.1) is 0 Å². The number of ether oxygens (including phenoxy) is 2. The molecule has 3 aromatic carbocycles. The number of rotatable bonds is 14. The van der Waals surface area contributed by atoms with Crippen molar-refractivity contribution >= 4 is 52.9 Å². The molecule has 1 saturated carbocycles. The van der Waals surface area contributed by atoms with E-state index in [9.17, 15) is 41.1 Å². The highest BCUT2D eigenvalue weighted by molar-refractivity contribution is 6.35. The molecule has 5 rings (SSSR count). The molecule has 3 amide bonds. The van der Waals surface area contributed by atoms with E-state index in [4.69, 9.17) is 16.3 Å². The Kier molecular flexibility index (Phi) is 12.1. The van der Waals surface area contributed by atoms with Gasteiger partial charge in [-0.3, -0.25) is 14.4 Å². The zero-order valence-electron chi connectivity index (χ0n) is 28.0. The Morgan fingerprint density at radius 2 is 1.56 bits per heavy atom. The number of benzene rings is 3. The van der Waals surface area contributed by atoms with Crippen LogP contribution in [0.4, 0.5) is 39.5 Å². The highest BCUT2D eigenvalue weighted by Crippen LogP contribution is 2.48. The summed E-state index contributed by atoms with van der Waals surface area (Å²) in [5, 5.41) is 13.2. The van der Waals surface area contributed by atoms with E-state index in [0.717, 1.165) is 18.7 Å². The van der Waals surface area contributed by atoms with E-state index in [1.165, 1.54) is 36.4 Å². The monoisotopic (exact) mass is 776 g/mol. The van der Waals surface area contributed by atoms with E-state index in [-0.39, 0.29) is 23.0 Å². The van der Waals surface area contributed by atoms with Crippen LogP contribution in [0.5, 0.6) is 6.01 Å². The average molecular weight is 777 g/mol. The lowest BCUT2D eigenvalue weighted by atomic mass is 10.1. The normalized spacial score (nSPS) is 13.5. The van der Waals surface area contributed by atoms with Crippen LogP contribution in [0.2, 0.25) is 5.02 Å². The molecule has 0 bridgehead atoms. The average Bonchev–Trinajstić information content (AvgIpc) is 3.92. The number of amides is 3. The maximum Gasteiger partial charge on any atom is 0.422 e. The molecule has 0 saturated heterocycles. The van der Waals surface area contributed by atoms with Gasteiger partial charge in [0.25, 0.3) is 5.91 Å². The number of nitrogens with one attached hydrogen (secondary N) is 5. The summed E-state index contributed by atoms with van der Waals surface area (Å²) in [6.07, 6.45) is -3.29. The molecule has 1 fully saturated rings. The summed E-state index contributed by atoms with van der Waals surface area (Å²) in [7, 11) is 1.04. The zero-order valence-corrected chi connectivity index (χ0v) is 28.8. The first kappa shape index (κ1) is 39.1. The molecule has 54 heavy (non-hydrogen) atoms. The number of methoxy groups -OCH3 is 1. The number of anilines is 3. The molecule has 1 aliphatic carbocycles. The third kappa shape index (κ3) is 10.5. The number of carbonyl (C=O) groups excluding carboxylic acids is 4. The van der Waals surface area contributed by atoms with Crippen molar-refractivity contribution in [1.82, 2.24) is 30.9 Å². The van der Waals surface area contributed by atoms with Gasteiger partial charge in [-0.25, -0.2) is 13.6 Å². The van der Waals surface area contributed by atoms with Gasteiger partial charge in [0.1, 0.15) is 6.04 Å². The van der Waals surface area contributed by atoms with E-state index in [2.05, 4.69) is 46.3 Å². The summed E-state index contributed by atoms with van der Waals surface area (Å²) in [5.41, 5.74) is 0.406. The van der Waals surface area contributed by atoms with E-state index in [1.807, 2.05) is 12.1 Å². The van der Waals surface area contributed by atoms with E-state index >= 15 is 0 Å². The standard InChI is InChI=1S/C34H30ClF5N8O6/c1-53-29(52)24(16-42-28(51)27(50)41-15-19-3-2-4-23(36)25(19)37)44-26(49)18-5-11-22(12-6-18)43-30-45-31(47-32(46-30)54-17-34(38,39)40)48-33(13-14-33)20-7-9-21(35)10-8-20/h2-12,24H,13-17H2,1H3,(H,41,50)(H,42,51)(H,44,49)(H2,43,45,46,47,48)/t24-/m0/s1. The number of nitrogens with zero attached hydrogens (tertiary/aromatic N) is 3. The number of hydrogen-bond acceptors (Lipinski definition) is 11. The first-order valence-corrected chi connectivity index (χ1v) is 16.3. The minimum Gasteiger partial charge on any atom is -0.467 e. The lowest BCUT2D eigenvalue weighted by molar-refractivity contribution is -0.154. The Bertz CT molecular complexity index is 2020. The van der Waals surface area contributed by atoms with Gasteiger partial charge in [-0.1, -0.05) is 35.9 Å². The predicted octanol–water partition coefficient (Wildman–Crippen LogP) is 4.29. The molecular weight excluding hydrogens is 747 g/mol. The SMILES string of the molecule is COC(=O)[C@H](CNC(=O)C(=O)NCc1cccc(F)c1F)NC(=O)c1ccc(Nc2nc(NC3(c4ccc(Cl)cc4)CC3)nc(OCC(F)(F)F)n2)cc1. The molecule has 4 aromatic rings. The largest absolute Gasteiger partial charge is 0.467 e. The minimum atomic E-state index is -4.66. The molecule has 1 aromatic heterocycles. The smallest absolute Gasteiger partial charge is 0.422 e. The first-order chi connectivity index (χ1) is 25.6. The molecule has 5 N–H and O–H groups in total. The van der Waals surface area contributed by atoms with Gasteiger partial charge >= 0.3 is 30.0 Å². The van der Waals surface area contributed by atoms with Crippen molar-refractivity contribution in [2.75, 3.05) is 30.9 Å². The van der Waals surface area contributed by atoms with Gasteiger partial charge in [0.05, 0.1) is 12.6 Å². The van der Waals surface area contributed by atoms with Crippen molar-refractivity contribution in [2.45, 2.75) is 37.1 Å². The summed E-state index contributed by atoms with van der Waals surface area (Å²) in [5.74, 6) is -6.77. The Labute approximate surface area is 308 Å². The molecule has 0 radical (unpaired) electrons. The van der Waals surface area contributed by atoms with Crippen LogP contribution < -0.4 is 31.3 Å². The molecule has 14 nitrogen and oxygen atoms in total. The van der Waals surface area contributed by atoms with Crippen LogP contribution in [0.1, 0.15) is 34.3 Å². The molecule has 1 atom stereocenters. The van der Waals surface area contributed by atoms with Gasteiger partial charge in [0.15, 0.2) is 18.2 Å². The van der Waals surface area contributed by atoms with Crippen molar-refractivity contribution in [2.24, 2.45) is 0 Å². The van der Waals surface area contributed by atoms with Crippen LogP contribution in [0.3, 0.4) is 0 Å². The van der Waals surface area contributed by atoms with Gasteiger partial charge in [0.2, 0.25) is 11.9 Å². The summed E-state index contributed by atoms with van der Waals surface area (Å²) in [6.45, 7) is -2.73. The Morgan fingerprint density at radius 1 is 0.889 bits per heavy atom. The Morgan fingerprint density at radius 3 is 2.20 bits per heavy atom. The van der Waals surface area contributed by atoms with Crippen molar-refractivity contribution in [3.05, 3.63) is 100 Å². The quantitative estimate of drug-likeness (QED) is 0.0699. The lowest BCUT2D eigenvalue weighted by Gasteiger charge is -2.19. The fraction of sp³-hybridized carbons (Fsp3) is 0.265. The maximum absolute atomic E-state index is 13.8. The predicted molar refractivity (Wildman–Crippen MR) is 182 cm³/mol. The number of carbonyl (C=O) groups is 4. The number of alkyl halides is 3.